The van der Waals surface area contributed by atoms with E-state index in [4.69, 9.17) is 5.14 Å². The quantitative estimate of drug-likeness (QED) is 0.854. The fourth-order valence-corrected chi connectivity index (χ4v) is 2.10. The highest BCUT2D eigenvalue weighted by Gasteiger charge is 2.18. The highest BCUT2D eigenvalue weighted by Crippen LogP contribution is 2.24. The highest BCUT2D eigenvalue weighted by atomic mass is 32.2. The molecule has 0 saturated carbocycles. The summed E-state index contributed by atoms with van der Waals surface area (Å²) in [6.07, 6.45) is 0. The van der Waals surface area contributed by atoms with Crippen molar-refractivity contribution in [2.75, 3.05) is 7.05 Å². The fourth-order valence-electron chi connectivity index (χ4n) is 1.57. The second-order valence-corrected chi connectivity index (χ2v) is 5.66. The minimum Gasteiger partial charge on any atom is -0.317 e. The van der Waals surface area contributed by atoms with Crippen LogP contribution >= 0.6 is 0 Å². The van der Waals surface area contributed by atoms with Crippen LogP contribution in [0.15, 0.2) is 23.1 Å². The Balaban J connectivity index is 3.15. The Morgan fingerprint density at radius 2 is 1.94 bits per heavy atom. The zero-order valence-corrected chi connectivity index (χ0v) is 10.9. The van der Waals surface area contributed by atoms with E-state index in [-0.39, 0.29) is 16.9 Å². The van der Waals surface area contributed by atoms with E-state index < -0.39 is 15.8 Å². The maximum Gasteiger partial charge on any atom is 0.238 e. The molecule has 0 saturated heterocycles. The van der Waals surface area contributed by atoms with E-state index in [1.807, 2.05) is 13.8 Å². The Hall–Kier alpha value is -0.980. The molecule has 1 rings (SSSR count). The number of hydrogen-bond donors (Lipinski definition) is 2. The molecule has 0 bridgehead atoms. The Morgan fingerprint density at radius 1 is 1.35 bits per heavy atom. The lowest BCUT2D eigenvalue weighted by Crippen LogP contribution is -2.27. The number of likely N-dealkylation sites (N-methyl/N-ethyl adjacent to an activating group) is 1. The molecule has 96 valence electrons. The van der Waals surface area contributed by atoms with E-state index in [0.29, 0.717) is 5.56 Å². The fraction of sp³-hybridized carbons (Fsp3) is 0.455. The molecule has 0 aliphatic heterocycles. The van der Waals surface area contributed by atoms with Gasteiger partial charge in [0.05, 0.1) is 4.90 Å². The van der Waals surface area contributed by atoms with Gasteiger partial charge in [0, 0.05) is 6.04 Å². The van der Waals surface area contributed by atoms with Crippen molar-refractivity contribution >= 4 is 10.0 Å². The first-order valence-electron chi connectivity index (χ1n) is 5.27. The zero-order chi connectivity index (χ0) is 13.2. The molecule has 0 heterocycles. The van der Waals surface area contributed by atoms with Crippen LogP contribution in [0.2, 0.25) is 0 Å². The van der Waals surface area contributed by atoms with Crippen LogP contribution in [0.1, 0.15) is 25.3 Å². The molecule has 2 unspecified atom stereocenters. The molecule has 0 amide bonds. The molecule has 0 spiro atoms. The summed E-state index contributed by atoms with van der Waals surface area (Å²) in [7, 11) is -2.06. The molecular weight excluding hydrogens is 243 g/mol. The van der Waals surface area contributed by atoms with Gasteiger partial charge in [-0.05, 0) is 37.6 Å². The predicted molar refractivity (Wildman–Crippen MR) is 64.7 cm³/mol. The van der Waals surface area contributed by atoms with Gasteiger partial charge >= 0.3 is 0 Å². The van der Waals surface area contributed by atoms with E-state index >= 15 is 0 Å². The van der Waals surface area contributed by atoms with Gasteiger partial charge in [0.2, 0.25) is 10.0 Å². The van der Waals surface area contributed by atoms with Gasteiger partial charge in [-0.25, -0.2) is 17.9 Å². The third-order valence-electron chi connectivity index (χ3n) is 3.00. The molecule has 0 fully saturated rings. The molecule has 4 nitrogen and oxygen atoms in total. The number of primary sulfonamides is 1. The Bertz CT molecular complexity index is 502. The molecule has 1 aromatic carbocycles. The third-order valence-corrected chi connectivity index (χ3v) is 3.91. The van der Waals surface area contributed by atoms with Crippen LogP contribution in [0.5, 0.6) is 0 Å². The number of halogens is 1. The van der Waals surface area contributed by atoms with Crippen molar-refractivity contribution < 1.29 is 12.8 Å². The first kappa shape index (κ1) is 14.1. The lowest BCUT2D eigenvalue weighted by atomic mass is 9.94. The maximum absolute atomic E-state index is 13.8. The summed E-state index contributed by atoms with van der Waals surface area (Å²) >= 11 is 0. The van der Waals surface area contributed by atoms with Gasteiger partial charge in [-0.3, -0.25) is 0 Å². The first-order chi connectivity index (χ1) is 7.77. The van der Waals surface area contributed by atoms with Crippen molar-refractivity contribution in [2.45, 2.75) is 30.7 Å². The number of rotatable bonds is 4. The molecular formula is C11H17FN2O2S. The van der Waals surface area contributed by atoms with Crippen LogP contribution in [-0.2, 0) is 10.0 Å². The predicted octanol–water partition coefficient (Wildman–Crippen LogP) is 1.18. The van der Waals surface area contributed by atoms with Gasteiger partial charge in [-0.2, -0.15) is 0 Å². The summed E-state index contributed by atoms with van der Waals surface area (Å²) in [4.78, 5) is -0.205. The van der Waals surface area contributed by atoms with Crippen molar-refractivity contribution in [1.29, 1.82) is 0 Å². The van der Waals surface area contributed by atoms with Crippen LogP contribution in [0, 0.1) is 5.82 Å². The van der Waals surface area contributed by atoms with E-state index in [0.717, 1.165) is 6.07 Å². The van der Waals surface area contributed by atoms with Gasteiger partial charge in [0.1, 0.15) is 5.82 Å². The van der Waals surface area contributed by atoms with Gasteiger partial charge in [-0.15, -0.1) is 0 Å². The molecule has 0 aliphatic rings. The number of nitrogens with one attached hydrogen (secondary N) is 1. The molecule has 6 heteroatoms. The van der Waals surface area contributed by atoms with Crippen molar-refractivity contribution in [2.24, 2.45) is 5.14 Å². The summed E-state index contributed by atoms with van der Waals surface area (Å²) in [5.74, 6) is -0.611. The maximum atomic E-state index is 13.8. The van der Waals surface area contributed by atoms with E-state index in [1.54, 1.807) is 7.05 Å². The highest BCUT2D eigenvalue weighted by molar-refractivity contribution is 7.89. The second kappa shape index (κ2) is 5.12. The molecule has 1 aromatic rings. The molecule has 2 atom stereocenters. The number of nitrogens with two attached hydrogens (primary N) is 1. The minimum atomic E-state index is -3.85. The van der Waals surface area contributed by atoms with E-state index in [2.05, 4.69) is 5.32 Å². The van der Waals surface area contributed by atoms with Crippen molar-refractivity contribution in [3.63, 3.8) is 0 Å². The second-order valence-electron chi connectivity index (χ2n) is 4.09. The summed E-state index contributed by atoms with van der Waals surface area (Å²) in [5, 5.41) is 7.96. The zero-order valence-electron chi connectivity index (χ0n) is 10.1. The Kier molecular flexibility index (Phi) is 4.24. The van der Waals surface area contributed by atoms with Crippen LogP contribution in [0.4, 0.5) is 4.39 Å². The lowest BCUT2D eigenvalue weighted by molar-refractivity contribution is 0.496. The monoisotopic (exact) mass is 260 g/mol. The van der Waals surface area contributed by atoms with Crippen LogP contribution in [0.25, 0.3) is 0 Å². The number of sulfonamides is 1. The smallest absolute Gasteiger partial charge is 0.238 e. The van der Waals surface area contributed by atoms with Crippen LogP contribution in [0.3, 0.4) is 0 Å². The summed E-state index contributed by atoms with van der Waals surface area (Å²) in [6.45, 7) is 3.80. The SMILES string of the molecule is CNC(C)C(C)c1ccc(S(N)(=O)=O)cc1F. The average molecular weight is 260 g/mol. The van der Waals surface area contributed by atoms with Crippen LogP contribution in [-0.4, -0.2) is 21.5 Å². The van der Waals surface area contributed by atoms with Crippen LogP contribution < -0.4 is 10.5 Å². The van der Waals surface area contributed by atoms with Gasteiger partial charge in [0.15, 0.2) is 0 Å². The number of hydrogen-bond acceptors (Lipinski definition) is 3. The summed E-state index contributed by atoms with van der Waals surface area (Å²) in [6, 6.07) is 3.84. The average Bonchev–Trinajstić information content (AvgIpc) is 2.25. The Labute approximate surface area is 101 Å². The molecule has 0 radical (unpaired) electrons. The lowest BCUT2D eigenvalue weighted by Gasteiger charge is -2.20. The molecule has 3 N–H and O–H groups in total. The standard InChI is InChI=1S/C11H17FN2O2S/c1-7(8(2)14-3)10-5-4-9(6-11(10)12)17(13,15)16/h4-8,14H,1-3H3,(H2,13,15,16). The third kappa shape index (κ3) is 3.24. The Morgan fingerprint density at radius 3 is 2.35 bits per heavy atom. The summed E-state index contributed by atoms with van der Waals surface area (Å²) < 4.78 is 35.9. The largest absolute Gasteiger partial charge is 0.317 e. The van der Waals surface area contributed by atoms with Crippen molar-refractivity contribution in [3.05, 3.63) is 29.6 Å². The molecule has 0 aromatic heterocycles. The van der Waals surface area contributed by atoms with Crippen molar-refractivity contribution in [1.82, 2.24) is 5.32 Å². The van der Waals surface area contributed by atoms with E-state index in [1.165, 1.54) is 12.1 Å². The topological polar surface area (TPSA) is 72.2 Å². The van der Waals surface area contributed by atoms with Gasteiger partial charge in [0.25, 0.3) is 0 Å². The first-order valence-corrected chi connectivity index (χ1v) is 6.81. The molecule has 0 aliphatic carbocycles. The minimum absolute atomic E-state index is 0.0606. The van der Waals surface area contributed by atoms with Gasteiger partial charge < -0.3 is 5.32 Å². The normalized spacial score (nSPS) is 15.6. The number of benzene rings is 1. The van der Waals surface area contributed by atoms with Crippen molar-refractivity contribution in [3.8, 4) is 0 Å². The summed E-state index contributed by atoms with van der Waals surface area (Å²) in [5.41, 5.74) is 0.472. The molecule has 17 heavy (non-hydrogen) atoms. The van der Waals surface area contributed by atoms with E-state index in [9.17, 15) is 12.8 Å². The van der Waals surface area contributed by atoms with Gasteiger partial charge in [-0.1, -0.05) is 13.0 Å².